The summed E-state index contributed by atoms with van der Waals surface area (Å²) in [6.07, 6.45) is 0. The van der Waals surface area contributed by atoms with Gasteiger partial charge in [0.15, 0.2) is 0 Å². The molecule has 4 nitrogen and oxygen atoms in total. The highest BCUT2D eigenvalue weighted by Gasteiger charge is 2.33. The van der Waals surface area contributed by atoms with E-state index in [1.54, 1.807) is 22.7 Å². The lowest BCUT2D eigenvalue weighted by molar-refractivity contribution is 1.14. The van der Waals surface area contributed by atoms with Crippen LogP contribution in [-0.4, -0.2) is 9.13 Å². The summed E-state index contributed by atoms with van der Waals surface area (Å²) in [7, 11) is 0. The second-order valence-electron chi connectivity index (χ2n) is 18.9. The Hall–Kier alpha value is -9.56. The van der Waals surface area contributed by atoms with Gasteiger partial charge in [-0.3, -0.25) is 0 Å². The van der Waals surface area contributed by atoms with Crippen LogP contribution < -0.4 is 0 Å². The third-order valence-corrected chi connectivity index (χ3v) is 17.4. The van der Waals surface area contributed by atoms with Gasteiger partial charge < -0.3 is 9.13 Å². The summed E-state index contributed by atoms with van der Waals surface area (Å²) >= 11 is 3.60. The van der Waals surface area contributed by atoms with Gasteiger partial charge >= 0.3 is 0 Å². The van der Waals surface area contributed by atoms with Gasteiger partial charge in [-0.15, -0.1) is 22.7 Å². The number of nitriles is 1. The molecule has 6 heteroatoms. The monoisotopic (exact) mass is 974 g/mol. The van der Waals surface area contributed by atoms with Crippen molar-refractivity contribution in [2.45, 2.75) is 0 Å². The summed E-state index contributed by atoms with van der Waals surface area (Å²) < 4.78 is 9.45. The molecule has 0 radical (unpaired) electrons. The Labute approximate surface area is 433 Å². The maximum absolute atomic E-state index is 12.5. The minimum Gasteiger partial charge on any atom is -0.318 e. The molecular weight excluding hydrogens is 937 g/mol. The van der Waals surface area contributed by atoms with Crippen LogP contribution in [-0.2, 0) is 0 Å². The summed E-state index contributed by atoms with van der Waals surface area (Å²) in [4.78, 5) is 4.67. The Morgan fingerprint density at radius 3 is 1.28 bits per heavy atom. The van der Waals surface area contributed by atoms with Crippen LogP contribution in [0, 0.1) is 17.9 Å². The van der Waals surface area contributed by atoms with Gasteiger partial charge in [-0.1, -0.05) is 194 Å². The van der Waals surface area contributed by atoms with Crippen LogP contribution in [0.5, 0.6) is 0 Å². The number of hydrogen-bond acceptors (Lipinski definition) is 3. The number of thiophene rings is 2. The van der Waals surface area contributed by atoms with Crippen LogP contribution in [0.15, 0.2) is 231 Å². The van der Waals surface area contributed by atoms with Crippen molar-refractivity contribution in [3.8, 4) is 62.0 Å². The molecule has 0 N–H and O–H groups in total. The zero-order valence-corrected chi connectivity index (χ0v) is 41.2. The van der Waals surface area contributed by atoms with Crippen molar-refractivity contribution in [1.29, 1.82) is 5.26 Å². The highest BCUT2D eigenvalue weighted by atomic mass is 32.1. The van der Waals surface area contributed by atoms with Crippen LogP contribution in [0.25, 0.3) is 145 Å². The normalized spacial score (nSPS) is 11.8. The minimum absolute atomic E-state index is 0.405. The zero-order valence-electron chi connectivity index (χ0n) is 39.5. The summed E-state index contributed by atoms with van der Waals surface area (Å²) in [5.74, 6) is 0. The first kappa shape index (κ1) is 42.2. The van der Waals surface area contributed by atoms with Gasteiger partial charge in [-0.25, -0.2) is 4.85 Å². The van der Waals surface area contributed by atoms with E-state index >= 15 is 0 Å². The maximum Gasteiger partial charge on any atom is 0.220 e. The van der Waals surface area contributed by atoms with Gasteiger partial charge in [-0.05, 0) is 69.8 Å². The lowest BCUT2D eigenvalue weighted by Crippen LogP contribution is -2.09. The van der Waals surface area contributed by atoms with E-state index in [9.17, 15) is 11.8 Å². The molecule has 0 aliphatic rings. The van der Waals surface area contributed by atoms with E-state index in [2.05, 4.69) is 238 Å². The topological polar surface area (TPSA) is 38.0 Å². The standard InChI is InChI=1S/C68H38N4S2/c1-70-62-60(45-24-16-22-43(38-45)41-18-4-2-5-19-41)55(40-69)63(61(46-25-17-23-44(39-46)42-20-6-3-7-21-42)66(62)71-56-30-12-8-26-47(56)48-27-9-13-31-57(48)71)72-64-51(34-36-53-49-28-10-14-32-58(49)73-67(53)64)52-35-37-54-50-29-11-15-33-59(50)74-68(54)65(52)72/h2-39H. The fourth-order valence-corrected chi connectivity index (χ4v) is 14.3. The smallest absolute Gasteiger partial charge is 0.220 e. The van der Waals surface area contributed by atoms with E-state index in [4.69, 9.17) is 0 Å². The van der Waals surface area contributed by atoms with Gasteiger partial charge in [0.1, 0.15) is 6.07 Å². The van der Waals surface area contributed by atoms with Crippen LogP contribution in [0.4, 0.5) is 5.69 Å². The third kappa shape index (κ3) is 6.11. The summed E-state index contributed by atoms with van der Waals surface area (Å²) in [5.41, 5.74) is 13.5. The molecule has 0 bridgehead atoms. The Morgan fingerprint density at radius 2 is 0.784 bits per heavy atom. The van der Waals surface area contributed by atoms with Crippen molar-refractivity contribution in [3.63, 3.8) is 0 Å². The molecule has 15 aromatic rings. The number of nitrogens with zero attached hydrogens (tertiary/aromatic N) is 4. The molecular formula is C68H38N4S2. The summed E-state index contributed by atoms with van der Waals surface area (Å²) in [6.45, 7) is 9.56. The van der Waals surface area contributed by atoms with E-state index in [-0.39, 0.29) is 0 Å². The lowest BCUT2D eigenvalue weighted by atomic mass is 9.87. The Balaban J connectivity index is 1.24. The Bertz CT molecular complexity index is 4740. The molecule has 0 saturated carbocycles. The molecule has 4 aromatic heterocycles. The van der Waals surface area contributed by atoms with Crippen molar-refractivity contribution in [3.05, 3.63) is 248 Å². The van der Waals surface area contributed by atoms with Crippen LogP contribution in [0.2, 0.25) is 0 Å². The fraction of sp³-hybridized carbons (Fsp3) is 0. The van der Waals surface area contributed by atoms with Gasteiger partial charge in [0.2, 0.25) is 5.69 Å². The molecule has 0 spiro atoms. The highest BCUT2D eigenvalue weighted by Crippen LogP contribution is 2.55. The predicted molar refractivity (Wildman–Crippen MR) is 314 cm³/mol. The average Bonchev–Trinajstić information content (AvgIpc) is 4.27. The van der Waals surface area contributed by atoms with Crippen molar-refractivity contribution in [1.82, 2.24) is 9.13 Å². The molecule has 342 valence electrons. The summed E-state index contributed by atoms with van der Waals surface area (Å²) in [6, 6.07) is 84.4. The van der Waals surface area contributed by atoms with Gasteiger partial charge in [0, 0.05) is 63.6 Å². The van der Waals surface area contributed by atoms with Crippen molar-refractivity contribution < 1.29 is 0 Å². The molecule has 74 heavy (non-hydrogen) atoms. The largest absolute Gasteiger partial charge is 0.318 e. The van der Waals surface area contributed by atoms with Crippen molar-refractivity contribution >= 4 is 112 Å². The number of rotatable bonds is 6. The van der Waals surface area contributed by atoms with E-state index in [1.807, 2.05) is 12.1 Å². The summed E-state index contributed by atoms with van der Waals surface area (Å²) in [5, 5.41) is 21.6. The van der Waals surface area contributed by atoms with Crippen molar-refractivity contribution in [2.24, 2.45) is 0 Å². The zero-order chi connectivity index (χ0) is 49.0. The molecule has 0 aliphatic carbocycles. The van der Waals surface area contributed by atoms with Crippen LogP contribution in [0.1, 0.15) is 5.56 Å². The minimum atomic E-state index is 0.405. The molecule has 0 amide bonds. The maximum atomic E-state index is 12.5. The van der Waals surface area contributed by atoms with Crippen LogP contribution >= 0.6 is 22.7 Å². The number of hydrogen-bond donors (Lipinski definition) is 0. The molecule has 15 rings (SSSR count). The number of para-hydroxylation sites is 2. The molecule has 0 saturated heterocycles. The number of benzene rings is 11. The second-order valence-corrected chi connectivity index (χ2v) is 21.0. The molecule has 0 unspecified atom stereocenters. The first-order valence-corrected chi connectivity index (χ1v) is 26.3. The molecule has 0 atom stereocenters. The van der Waals surface area contributed by atoms with Gasteiger partial charge in [-0.2, -0.15) is 5.26 Å². The molecule has 4 heterocycles. The second kappa shape index (κ2) is 16.5. The SMILES string of the molecule is [C-]#[N+]c1c(-c2cccc(-c3ccccc3)c2)c(C#N)c(-n2c3c(ccc4c5ccccc5sc43)c3ccc4c5ccccc5sc4c32)c(-c2cccc(-c3ccccc3)c2)c1-n1c2ccccc2c2ccccc21. The number of fused-ring (bicyclic) bond motifs is 14. The highest BCUT2D eigenvalue weighted by molar-refractivity contribution is 7.27. The first-order chi connectivity index (χ1) is 36.7. The quantitative estimate of drug-likeness (QED) is 0.153. The lowest BCUT2D eigenvalue weighted by Gasteiger charge is -2.26. The fourth-order valence-electron chi connectivity index (χ4n) is 11.8. The van der Waals surface area contributed by atoms with Crippen LogP contribution in [0.3, 0.4) is 0 Å². The van der Waals surface area contributed by atoms with E-state index < -0.39 is 0 Å². The third-order valence-electron chi connectivity index (χ3n) is 15.0. The first-order valence-electron chi connectivity index (χ1n) is 24.7. The van der Waals surface area contributed by atoms with E-state index in [0.717, 1.165) is 114 Å². The van der Waals surface area contributed by atoms with E-state index in [1.165, 1.54) is 20.2 Å². The Kier molecular flexibility index (Phi) is 9.40. The Morgan fingerprint density at radius 1 is 0.365 bits per heavy atom. The number of aromatic nitrogens is 2. The molecule has 0 fully saturated rings. The van der Waals surface area contributed by atoms with Gasteiger partial charge in [0.05, 0.1) is 55.0 Å². The predicted octanol–water partition coefficient (Wildman–Crippen LogP) is 19.7. The van der Waals surface area contributed by atoms with E-state index in [0.29, 0.717) is 16.8 Å². The average molecular weight is 975 g/mol. The van der Waals surface area contributed by atoms with Crippen molar-refractivity contribution in [2.75, 3.05) is 0 Å². The van der Waals surface area contributed by atoms with Gasteiger partial charge in [0.25, 0.3) is 0 Å². The molecule has 0 aliphatic heterocycles. The molecule has 11 aromatic carbocycles.